The third kappa shape index (κ3) is 3.78. The van der Waals surface area contributed by atoms with Gasteiger partial charge in [-0.1, -0.05) is 25.5 Å². The first-order chi connectivity index (χ1) is 13.0. The van der Waals surface area contributed by atoms with Crippen LogP contribution in [-0.2, 0) is 19.0 Å². The molecule has 0 saturated carbocycles. The molecule has 0 radical (unpaired) electrons. The Bertz CT molecular complexity index is 624. The van der Waals surface area contributed by atoms with Crippen molar-refractivity contribution in [1.82, 2.24) is 0 Å². The monoisotopic (exact) mass is 394 g/mol. The highest BCUT2D eigenvalue weighted by Crippen LogP contribution is 2.54. The van der Waals surface area contributed by atoms with E-state index in [4.69, 9.17) is 14.2 Å². The van der Waals surface area contributed by atoms with Crippen LogP contribution >= 0.6 is 0 Å². The summed E-state index contributed by atoms with van der Waals surface area (Å²) in [5, 5.41) is 11.3. The van der Waals surface area contributed by atoms with E-state index in [0.29, 0.717) is 31.1 Å². The van der Waals surface area contributed by atoms with Gasteiger partial charge in [-0.2, -0.15) is 0 Å². The highest BCUT2D eigenvalue weighted by atomic mass is 16.6. The van der Waals surface area contributed by atoms with Crippen LogP contribution in [0.2, 0.25) is 0 Å². The molecule has 8 atom stereocenters. The Morgan fingerprint density at radius 3 is 2.61 bits per heavy atom. The van der Waals surface area contributed by atoms with Crippen LogP contribution in [-0.4, -0.2) is 47.7 Å². The molecular weight excluding hydrogens is 356 g/mol. The Morgan fingerprint density at radius 1 is 1.36 bits per heavy atom. The van der Waals surface area contributed by atoms with Crippen molar-refractivity contribution in [3.63, 3.8) is 0 Å². The van der Waals surface area contributed by atoms with Crippen molar-refractivity contribution in [2.75, 3.05) is 7.11 Å². The predicted molar refractivity (Wildman–Crippen MR) is 108 cm³/mol. The van der Waals surface area contributed by atoms with Gasteiger partial charge in [0.25, 0.3) is 0 Å². The first-order valence-electron chi connectivity index (χ1n) is 10.8. The fourth-order valence-corrected chi connectivity index (χ4v) is 6.16. The number of esters is 1. The molecule has 0 aromatic carbocycles. The first-order valence-corrected chi connectivity index (χ1v) is 10.8. The molecule has 0 amide bonds. The molecule has 1 aliphatic carbocycles. The first kappa shape index (κ1) is 21.8. The normalized spacial score (nSPS) is 46.2. The van der Waals surface area contributed by atoms with E-state index >= 15 is 0 Å². The van der Waals surface area contributed by atoms with Gasteiger partial charge in [0.1, 0.15) is 11.7 Å². The Kier molecular flexibility index (Phi) is 6.02. The van der Waals surface area contributed by atoms with Crippen molar-refractivity contribution < 1.29 is 24.1 Å². The lowest BCUT2D eigenvalue weighted by Crippen LogP contribution is -2.51. The molecule has 160 valence electrons. The molecular formula is C23H38O5. The van der Waals surface area contributed by atoms with Crippen molar-refractivity contribution >= 4 is 5.97 Å². The van der Waals surface area contributed by atoms with E-state index in [1.54, 1.807) is 7.11 Å². The Labute approximate surface area is 169 Å². The summed E-state index contributed by atoms with van der Waals surface area (Å²) in [6.07, 6.45) is 4.54. The molecule has 8 unspecified atom stereocenters. The quantitative estimate of drug-likeness (QED) is 0.581. The molecule has 2 saturated heterocycles. The number of fused-ring (bicyclic) bond motifs is 5. The van der Waals surface area contributed by atoms with Gasteiger partial charge in [0, 0.05) is 32.3 Å². The van der Waals surface area contributed by atoms with Gasteiger partial charge in [-0.3, -0.25) is 4.79 Å². The van der Waals surface area contributed by atoms with E-state index in [-0.39, 0.29) is 36.1 Å². The molecule has 3 rings (SSSR count). The summed E-state index contributed by atoms with van der Waals surface area (Å²) in [6, 6.07) is 0. The van der Waals surface area contributed by atoms with Crippen LogP contribution in [0.25, 0.3) is 0 Å². The average Bonchev–Trinajstić information content (AvgIpc) is 2.95. The molecule has 2 heterocycles. The maximum atomic E-state index is 12.0. The third-order valence-electron chi connectivity index (χ3n) is 7.55. The molecule has 2 bridgehead atoms. The number of methoxy groups -OCH3 is 1. The maximum absolute atomic E-state index is 12.0. The topological polar surface area (TPSA) is 65.0 Å². The van der Waals surface area contributed by atoms with Gasteiger partial charge in [0.2, 0.25) is 0 Å². The number of hydrogen-bond donors (Lipinski definition) is 1. The molecule has 28 heavy (non-hydrogen) atoms. The lowest BCUT2D eigenvalue weighted by atomic mass is 9.62. The van der Waals surface area contributed by atoms with Crippen LogP contribution in [0.1, 0.15) is 67.2 Å². The molecule has 3 aliphatic rings. The summed E-state index contributed by atoms with van der Waals surface area (Å²) in [6.45, 7) is 12.1. The van der Waals surface area contributed by atoms with Gasteiger partial charge in [-0.15, -0.1) is 0 Å². The second-order valence-electron chi connectivity index (χ2n) is 10.0. The van der Waals surface area contributed by atoms with E-state index in [2.05, 4.69) is 26.8 Å². The number of aliphatic hydroxyl groups is 1. The SMILES string of the molecule is COC1CCC(C)(OC(C)=O)C2OC(CC1(C)O)C1C(C)=CCC(C(C)C)C12. The zero-order chi connectivity index (χ0) is 20.9. The van der Waals surface area contributed by atoms with Crippen LogP contribution in [0.3, 0.4) is 0 Å². The Hall–Kier alpha value is -0.910. The van der Waals surface area contributed by atoms with Crippen molar-refractivity contribution in [2.45, 2.75) is 96.7 Å². The molecule has 0 aromatic heterocycles. The highest BCUT2D eigenvalue weighted by Gasteiger charge is 2.59. The summed E-state index contributed by atoms with van der Waals surface area (Å²) in [4.78, 5) is 12.0. The van der Waals surface area contributed by atoms with Crippen molar-refractivity contribution in [2.24, 2.45) is 23.7 Å². The molecule has 5 heteroatoms. The second-order valence-corrected chi connectivity index (χ2v) is 10.0. The van der Waals surface area contributed by atoms with Crippen LogP contribution in [0.4, 0.5) is 0 Å². The van der Waals surface area contributed by atoms with Crippen LogP contribution in [0.5, 0.6) is 0 Å². The van der Waals surface area contributed by atoms with E-state index in [1.807, 2.05) is 13.8 Å². The molecule has 1 N–H and O–H groups in total. The summed E-state index contributed by atoms with van der Waals surface area (Å²) < 4.78 is 18.3. The van der Waals surface area contributed by atoms with E-state index in [9.17, 15) is 9.90 Å². The Balaban J connectivity index is 2.09. The van der Waals surface area contributed by atoms with Gasteiger partial charge in [-0.25, -0.2) is 0 Å². The van der Waals surface area contributed by atoms with Crippen LogP contribution < -0.4 is 0 Å². The minimum absolute atomic E-state index is 0.103. The maximum Gasteiger partial charge on any atom is 0.303 e. The van der Waals surface area contributed by atoms with Crippen molar-refractivity contribution in [1.29, 1.82) is 0 Å². The minimum Gasteiger partial charge on any atom is -0.457 e. The lowest BCUT2D eigenvalue weighted by molar-refractivity contribution is -0.179. The third-order valence-corrected chi connectivity index (χ3v) is 7.55. The molecule has 0 spiro atoms. The fourth-order valence-electron chi connectivity index (χ4n) is 6.16. The molecule has 2 fully saturated rings. The second kappa shape index (κ2) is 7.73. The minimum atomic E-state index is -0.995. The molecule has 5 nitrogen and oxygen atoms in total. The summed E-state index contributed by atoms with van der Waals surface area (Å²) in [5.41, 5.74) is -0.387. The number of ether oxygens (including phenoxy) is 3. The van der Waals surface area contributed by atoms with Gasteiger partial charge in [0.15, 0.2) is 0 Å². The Morgan fingerprint density at radius 2 is 2.04 bits per heavy atom. The number of hydrogen-bond acceptors (Lipinski definition) is 5. The summed E-state index contributed by atoms with van der Waals surface area (Å²) in [5.74, 6) is 1.23. The van der Waals surface area contributed by atoms with Gasteiger partial charge in [0.05, 0.1) is 17.8 Å². The molecule has 2 aliphatic heterocycles. The number of allylic oxidation sites excluding steroid dienone is 1. The van der Waals surface area contributed by atoms with Crippen LogP contribution in [0.15, 0.2) is 11.6 Å². The number of rotatable bonds is 3. The zero-order valence-electron chi connectivity index (χ0n) is 18.5. The van der Waals surface area contributed by atoms with E-state index < -0.39 is 11.2 Å². The lowest BCUT2D eigenvalue weighted by Gasteiger charge is -2.45. The van der Waals surface area contributed by atoms with Gasteiger partial charge in [-0.05, 0) is 51.9 Å². The largest absolute Gasteiger partial charge is 0.457 e. The molecule has 0 aromatic rings. The number of carbonyl (C=O) groups excluding carboxylic acids is 1. The fraction of sp³-hybridized carbons (Fsp3) is 0.870. The smallest absolute Gasteiger partial charge is 0.303 e. The van der Waals surface area contributed by atoms with E-state index in [1.165, 1.54) is 12.5 Å². The average molecular weight is 395 g/mol. The summed E-state index contributed by atoms with van der Waals surface area (Å²) in [7, 11) is 1.64. The van der Waals surface area contributed by atoms with E-state index in [0.717, 1.165) is 6.42 Å². The number of carbonyl (C=O) groups is 1. The summed E-state index contributed by atoms with van der Waals surface area (Å²) >= 11 is 0. The van der Waals surface area contributed by atoms with Gasteiger partial charge < -0.3 is 19.3 Å². The highest BCUT2D eigenvalue weighted by molar-refractivity contribution is 5.66. The van der Waals surface area contributed by atoms with Crippen LogP contribution in [0, 0.1) is 23.7 Å². The van der Waals surface area contributed by atoms with Crippen molar-refractivity contribution in [3.05, 3.63) is 11.6 Å². The standard InChI is InChI=1S/C23H38O5/c1-13(2)16-9-8-14(3)19-17-12-22(5,25)18(26-7)10-11-23(6,28-15(4)24)21(27-17)20(16)19/h8,13,16-21,25H,9-12H2,1-7H3. The zero-order valence-corrected chi connectivity index (χ0v) is 18.5. The predicted octanol–water partition coefficient (Wildman–Crippen LogP) is 3.88. The van der Waals surface area contributed by atoms with Crippen molar-refractivity contribution in [3.8, 4) is 0 Å². The van der Waals surface area contributed by atoms with Gasteiger partial charge >= 0.3 is 5.97 Å².